The van der Waals surface area contributed by atoms with Gasteiger partial charge in [-0.3, -0.25) is 9.59 Å². The SMILES string of the molecule is CN(CCNC(=O)c1ccc(C(F)(F)F)cc1)C(=O)C(N)CCc1ccccc1. The van der Waals surface area contributed by atoms with Crippen molar-refractivity contribution in [3.05, 3.63) is 71.3 Å². The van der Waals surface area contributed by atoms with Gasteiger partial charge in [0.2, 0.25) is 5.91 Å². The van der Waals surface area contributed by atoms with E-state index in [2.05, 4.69) is 5.32 Å². The third kappa shape index (κ3) is 6.90. The summed E-state index contributed by atoms with van der Waals surface area (Å²) in [7, 11) is 1.59. The van der Waals surface area contributed by atoms with Crippen LogP contribution >= 0.6 is 0 Å². The normalized spacial score (nSPS) is 12.3. The first-order valence-electron chi connectivity index (χ1n) is 9.18. The number of aryl methyl sites for hydroxylation is 1. The topological polar surface area (TPSA) is 75.4 Å². The zero-order valence-electron chi connectivity index (χ0n) is 16.1. The number of halogens is 3. The highest BCUT2D eigenvalue weighted by molar-refractivity contribution is 5.94. The van der Waals surface area contributed by atoms with Gasteiger partial charge < -0.3 is 16.0 Å². The molecule has 29 heavy (non-hydrogen) atoms. The first kappa shape index (κ1) is 22.4. The van der Waals surface area contributed by atoms with E-state index in [9.17, 15) is 22.8 Å². The molecule has 0 saturated heterocycles. The maximum atomic E-state index is 12.6. The minimum atomic E-state index is -4.45. The smallest absolute Gasteiger partial charge is 0.350 e. The van der Waals surface area contributed by atoms with Crippen molar-refractivity contribution in [2.45, 2.75) is 25.1 Å². The van der Waals surface area contributed by atoms with Gasteiger partial charge in [-0.25, -0.2) is 0 Å². The van der Waals surface area contributed by atoms with Crippen LogP contribution in [0.5, 0.6) is 0 Å². The average Bonchev–Trinajstić information content (AvgIpc) is 2.71. The standard InChI is InChI=1S/C21H24F3N3O2/c1-27(20(29)18(25)12-7-15-5-3-2-4-6-15)14-13-26-19(28)16-8-10-17(11-9-16)21(22,23)24/h2-6,8-11,18H,7,12-14,25H2,1H3,(H,26,28). The van der Waals surface area contributed by atoms with Crippen LogP contribution in [0.15, 0.2) is 54.6 Å². The van der Waals surface area contributed by atoms with Crippen molar-refractivity contribution in [3.8, 4) is 0 Å². The van der Waals surface area contributed by atoms with Crippen molar-refractivity contribution < 1.29 is 22.8 Å². The summed E-state index contributed by atoms with van der Waals surface area (Å²) in [6.45, 7) is 0.401. The molecule has 0 radical (unpaired) electrons. The van der Waals surface area contributed by atoms with E-state index in [1.807, 2.05) is 30.3 Å². The largest absolute Gasteiger partial charge is 0.416 e. The Morgan fingerprint density at radius 3 is 2.28 bits per heavy atom. The number of likely N-dealkylation sites (N-methyl/N-ethyl adjacent to an activating group) is 1. The zero-order valence-corrected chi connectivity index (χ0v) is 16.1. The molecule has 2 aromatic carbocycles. The lowest BCUT2D eigenvalue weighted by Crippen LogP contribution is -2.44. The second kappa shape index (κ2) is 10.1. The molecule has 0 aromatic heterocycles. The van der Waals surface area contributed by atoms with Gasteiger partial charge in [-0.2, -0.15) is 13.2 Å². The Morgan fingerprint density at radius 2 is 1.69 bits per heavy atom. The van der Waals surface area contributed by atoms with E-state index >= 15 is 0 Å². The number of rotatable bonds is 8. The summed E-state index contributed by atoms with van der Waals surface area (Å²) in [5.41, 5.74) is 6.37. The maximum absolute atomic E-state index is 12.6. The Bertz CT molecular complexity index is 808. The summed E-state index contributed by atoms with van der Waals surface area (Å²) in [4.78, 5) is 25.8. The highest BCUT2D eigenvalue weighted by Gasteiger charge is 2.30. The number of carbonyl (C=O) groups is 2. The van der Waals surface area contributed by atoms with E-state index < -0.39 is 23.7 Å². The number of nitrogens with one attached hydrogen (secondary N) is 1. The van der Waals surface area contributed by atoms with Gasteiger partial charge in [-0.05, 0) is 42.7 Å². The minimum absolute atomic E-state index is 0.117. The highest BCUT2D eigenvalue weighted by Crippen LogP contribution is 2.29. The number of nitrogens with two attached hydrogens (primary N) is 1. The molecule has 1 atom stereocenters. The molecule has 1 unspecified atom stereocenters. The minimum Gasteiger partial charge on any atom is -0.350 e. The zero-order chi connectivity index (χ0) is 21.4. The second-order valence-electron chi connectivity index (χ2n) is 6.72. The molecule has 0 fully saturated rings. The van der Waals surface area contributed by atoms with Crippen molar-refractivity contribution in [1.29, 1.82) is 0 Å². The van der Waals surface area contributed by atoms with Crippen LogP contribution in [0, 0.1) is 0 Å². The quantitative estimate of drug-likeness (QED) is 0.707. The first-order chi connectivity index (χ1) is 13.7. The summed E-state index contributed by atoms with van der Waals surface area (Å²) >= 11 is 0. The van der Waals surface area contributed by atoms with Crippen LogP contribution in [0.25, 0.3) is 0 Å². The van der Waals surface area contributed by atoms with E-state index in [1.54, 1.807) is 7.05 Å². The Kier molecular flexibility index (Phi) is 7.78. The summed E-state index contributed by atoms with van der Waals surface area (Å²) in [6.07, 6.45) is -3.26. The van der Waals surface area contributed by atoms with Crippen molar-refractivity contribution >= 4 is 11.8 Å². The van der Waals surface area contributed by atoms with Crippen LogP contribution in [0.1, 0.15) is 27.9 Å². The monoisotopic (exact) mass is 407 g/mol. The molecule has 2 rings (SSSR count). The van der Waals surface area contributed by atoms with E-state index in [0.29, 0.717) is 12.8 Å². The number of alkyl halides is 3. The van der Waals surface area contributed by atoms with Crippen molar-refractivity contribution in [2.24, 2.45) is 5.73 Å². The molecule has 2 aromatic rings. The second-order valence-corrected chi connectivity index (χ2v) is 6.72. The molecule has 5 nitrogen and oxygen atoms in total. The van der Waals surface area contributed by atoms with Crippen molar-refractivity contribution in [1.82, 2.24) is 10.2 Å². The molecule has 0 heterocycles. The van der Waals surface area contributed by atoms with E-state index in [-0.39, 0.29) is 24.6 Å². The number of hydrogen-bond donors (Lipinski definition) is 2. The Labute approximate surface area is 167 Å². The molecule has 8 heteroatoms. The fourth-order valence-corrected chi connectivity index (χ4v) is 2.73. The van der Waals surface area contributed by atoms with Gasteiger partial charge in [0.15, 0.2) is 0 Å². The third-order valence-corrected chi connectivity index (χ3v) is 4.49. The fraction of sp³-hybridized carbons (Fsp3) is 0.333. The molecule has 0 spiro atoms. The molecule has 0 saturated carbocycles. The third-order valence-electron chi connectivity index (χ3n) is 4.49. The average molecular weight is 407 g/mol. The maximum Gasteiger partial charge on any atom is 0.416 e. The van der Waals surface area contributed by atoms with Gasteiger partial charge in [0, 0.05) is 25.7 Å². The Morgan fingerprint density at radius 1 is 1.07 bits per heavy atom. The fourth-order valence-electron chi connectivity index (χ4n) is 2.73. The molecule has 0 aliphatic heterocycles. The van der Waals surface area contributed by atoms with Gasteiger partial charge in [0.05, 0.1) is 11.6 Å². The lowest BCUT2D eigenvalue weighted by molar-refractivity contribution is -0.137. The van der Waals surface area contributed by atoms with Gasteiger partial charge in [-0.15, -0.1) is 0 Å². The van der Waals surface area contributed by atoms with Crippen LogP contribution in [-0.2, 0) is 17.4 Å². The Balaban J connectivity index is 1.75. The number of benzene rings is 2. The highest BCUT2D eigenvalue weighted by atomic mass is 19.4. The Hall–Kier alpha value is -2.87. The molecule has 156 valence electrons. The van der Waals surface area contributed by atoms with Crippen LogP contribution < -0.4 is 11.1 Å². The first-order valence-corrected chi connectivity index (χ1v) is 9.18. The van der Waals surface area contributed by atoms with Crippen LogP contribution in [0.4, 0.5) is 13.2 Å². The van der Waals surface area contributed by atoms with E-state index in [1.165, 1.54) is 4.90 Å². The van der Waals surface area contributed by atoms with E-state index in [0.717, 1.165) is 29.8 Å². The van der Waals surface area contributed by atoms with Crippen LogP contribution in [-0.4, -0.2) is 42.9 Å². The molecular weight excluding hydrogens is 383 g/mol. The van der Waals surface area contributed by atoms with Gasteiger partial charge in [0.25, 0.3) is 5.91 Å². The van der Waals surface area contributed by atoms with Crippen molar-refractivity contribution in [3.63, 3.8) is 0 Å². The molecule has 0 aliphatic carbocycles. The lowest BCUT2D eigenvalue weighted by atomic mass is 10.1. The van der Waals surface area contributed by atoms with E-state index in [4.69, 9.17) is 5.73 Å². The van der Waals surface area contributed by atoms with Crippen LogP contribution in [0.2, 0.25) is 0 Å². The van der Waals surface area contributed by atoms with Gasteiger partial charge in [-0.1, -0.05) is 30.3 Å². The summed E-state index contributed by atoms with van der Waals surface area (Å²) in [5.74, 6) is -0.738. The summed E-state index contributed by atoms with van der Waals surface area (Å²) in [5, 5.41) is 2.58. The number of nitrogens with zero attached hydrogens (tertiary/aromatic N) is 1. The molecule has 0 aliphatic rings. The van der Waals surface area contributed by atoms with Gasteiger partial charge >= 0.3 is 6.18 Å². The summed E-state index contributed by atoms with van der Waals surface area (Å²) < 4.78 is 37.7. The van der Waals surface area contributed by atoms with Crippen LogP contribution in [0.3, 0.4) is 0 Å². The van der Waals surface area contributed by atoms with Crippen molar-refractivity contribution in [2.75, 3.05) is 20.1 Å². The predicted octanol–water partition coefficient (Wildman–Crippen LogP) is 2.85. The molecule has 3 N–H and O–H groups in total. The number of hydrogen-bond acceptors (Lipinski definition) is 3. The van der Waals surface area contributed by atoms with Gasteiger partial charge in [0.1, 0.15) is 0 Å². The molecule has 0 bridgehead atoms. The summed E-state index contributed by atoms with van der Waals surface area (Å²) in [6, 6.07) is 13.0. The number of carbonyl (C=O) groups excluding carboxylic acids is 2. The molecule has 2 amide bonds. The molecular formula is C21H24F3N3O2. The number of amides is 2. The lowest BCUT2D eigenvalue weighted by Gasteiger charge is -2.21. The predicted molar refractivity (Wildman–Crippen MR) is 104 cm³/mol.